The van der Waals surface area contributed by atoms with E-state index in [2.05, 4.69) is 0 Å². The molecule has 1 aliphatic rings. The highest BCUT2D eigenvalue weighted by molar-refractivity contribution is 5.90. The van der Waals surface area contributed by atoms with Crippen molar-refractivity contribution in [1.29, 1.82) is 0 Å². The molecule has 2 aromatic carbocycles. The molecule has 1 fully saturated rings. The number of halogens is 1. The topological polar surface area (TPSA) is 96.0 Å². The lowest BCUT2D eigenvalue weighted by molar-refractivity contribution is 0.0963. The number of carbonyl (C=O) groups is 1. The zero-order chi connectivity index (χ0) is 16.6. The van der Waals surface area contributed by atoms with Crippen LogP contribution in [0, 0.1) is 5.82 Å². The minimum absolute atomic E-state index is 0.0689. The number of phenolic OH excluding ortho intramolecular Hbond substituents is 1. The van der Waals surface area contributed by atoms with Crippen molar-refractivity contribution < 1.29 is 24.1 Å². The molecule has 1 heterocycles. The van der Waals surface area contributed by atoms with Crippen LogP contribution in [0.1, 0.15) is 0 Å². The number of hydrogen-bond acceptors (Lipinski definition) is 5. The van der Waals surface area contributed by atoms with Crippen molar-refractivity contribution >= 4 is 17.5 Å². The van der Waals surface area contributed by atoms with Gasteiger partial charge < -0.3 is 20.7 Å². The van der Waals surface area contributed by atoms with Crippen molar-refractivity contribution in [2.45, 2.75) is 6.10 Å². The average molecular weight is 318 g/mol. The zero-order valence-corrected chi connectivity index (χ0v) is 12.1. The quantitative estimate of drug-likeness (QED) is 0.595. The van der Waals surface area contributed by atoms with Crippen LogP contribution in [-0.2, 0) is 4.74 Å². The summed E-state index contributed by atoms with van der Waals surface area (Å²) in [6.45, 7) is -0.115. The first-order valence-corrected chi connectivity index (χ1v) is 6.97. The molecule has 0 aromatic heterocycles. The Balaban J connectivity index is 1.92. The van der Waals surface area contributed by atoms with Crippen LogP contribution < -0.4 is 10.6 Å². The Morgan fingerprint density at radius 3 is 2.70 bits per heavy atom. The van der Waals surface area contributed by atoms with Gasteiger partial charge in [0.15, 0.2) is 0 Å². The highest BCUT2D eigenvalue weighted by atomic mass is 19.1. The van der Waals surface area contributed by atoms with E-state index in [0.717, 1.165) is 0 Å². The van der Waals surface area contributed by atoms with Gasteiger partial charge in [-0.15, -0.1) is 0 Å². The van der Waals surface area contributed by atoms with Crippen LogP contribution in [-0.4, -0.2) is 35.6 Å². The number of nitrogens with zero attached hydrogens (tertiary/aromatic N) is 1. The van der Waals surface area contributed by atoms with Crippen molar-refractivity contribution in [2.24, 2.45) is 0 Å². The van der Waals surface area contributed by atoms with Crippen molar-refractivity contribution in [3.05, 3.63) is 42.2 Å². The number of nitrogen functional groups attached to an aromatic ring is 1. The summed E-state index contributed by atoms with van der Waals surface area (Å²) in [7, 11) is 0. The summed E-state index contributed by atoms with van der Waals surface area (Å²) in [4.78, 5) is 13.0. The highest BCUT2D eigenvalue weighted by Crippen LogP contribution is 2.32. The molecule has 120 valence electrons. The maximum atomic E-state index is 14.4. The number of phenols is 1. The molecule has 1 aliphatic heterocycles. The van der Waals surface area contributed by atoms with Crippen LogP contribution in [0.4, 0.5) is 20.6 Å². The van der Waals surface area contributed by atoms with Gasteiger partial charge in [0, 0.05) is 5.56 Å². The summed E-state index contributed by atoms with van der Waals surface area (Å²) in [5.41, 5.74) is 6.93. The van der Waals surface area contributed by atoms with Gasteiger partial charge in [-0.25, -0.2) is 9.18 Å². The van der Waals surface area contributed by atoms with Gasteiger partial charge in [-0.3, -0.25) is 4.90 Å². The largest absolute Gasteiger partial charge is 0.506 e. The molecule has 0 unspecified atom stereocenters. The van der Waals surface area contributed by atoms with Gasteiger partial charge >= 0.3 is 6.09 Å². The van der Waals surface area contributed by atoms with Gasteiger partial charge in [0.05, 0.1) is 24.5 Å². The van der Waals surface area contributed by atoms with E-state index in [1.165, 1.54) is 29.2 Å². The molecule has 1 amide bonds. The fraction of sp³-hybridized carbons (Fsp3) is 0.188. The molecule has 4 N–H and O–H groups in total. The number of rotatable bonds is 3. The average Bonchev–Trinajstić information content (AvgIpc) is 2.91. The highest BCUT2D eigenvalue weighted by Gasteiger charge is 2.32. The molecule has 0 bridgehead atoms. The number of aliphatic hydroxyl groups is 1. The number of cyclic esters (lactones) is 1. The molecule has 1 atom stereocenters. The number of aromatic hydroxyl groups is 1. The van der Waals surface area contributed by atoms with Crippen molar-refractivity contribution in [1.82, 2.24) is 0 Å². The van der Waals surface area contributed by atoms with E-state index < -0.39 is 18.0 Å². The molecular weight excluding hydrogens is 303 g/mol. The summed E-state index contributed by atoms with van der Waals surface area (Å²) in [6.07, 6.45) is -1.23. The minimum atomic E-state index is -0.620. The molecule has 23 heavy (non-hydrogen) atoms. The van der Waals surface area contributed by atoms with Crippen molar-refractivity contribution in [3.8, 4) is 16.9 Å². The van der Waals surface area contributed by atoms with Gasteiger partial charge in [-0.2, -0.15) is 0 Å². The summed E-state index contributed by atoms with van der Waals surface area (Å²) in [6, 6.07) is 8.74. The van der Waals surface area contributed by atoms with Gasteiger partial charge in [0.1, 0.15) is 17.7 Å². The molecule has 2 aromatic rings. The van der Waals surface area contributed by atoms with Gasteiger partial charge in [-0.1, -0.05) is 6.07 Å². The Labute approximate surface area is 131 Å². The number of hydrogen-bond donors (Lipinski definition) is 3. The molecular formula is C16H15FN2O4. The molecule has 7 heteroatoms. The zero-order valence-electron chi connectivity index (χ0n) is 12.1. The summed E-state index contributed by atoms with van der Waals surface area (Å²) < 4.78 is 19.3. The first-order chi connectivity index (χ1) is 11.0. The van der Waals surface area contributed by atoms with E-state index >= 15 is 0 Å². The number of anilines is 2. The number of nitrogens with two attached hydrogens (primary N) is 1. The van der Waals surface area contributed by atoms with Gasteiger partial charge in [0.2, 0.25) is 0 Å². The summed E-state index contributed by atoms with van der Waals surface area (Å²) in [5.74, 6) is -0.603. The SMILES string of the molecule is Nc1cc(-c2ccc(N3C[C@H](CO)OC3=O)cc2F)ccc1O. The maximum Gasteiger partial charge on any atom is 0.414 e. The lowest BCUT2D eigenvalue weighted by Crippen LogP contribution is -2.25. The van der Waals surface area contributed by atoms with E-state index in [4.69, 9.17) is 15.6 Å². The van der Waals surface area contributed by atoms with Crippen molar-refractivity contribution in [3.63, 3.8) is 0 Å². The Bertz CT molecular complexity index is 766. The Morgan fingerprint density at radius 1 is 1.30 bits per heavy atom. The fourth-order valence-electron chi connectivity index (χ4n) is 2.46. The van der Waals surface area contributed by atoms with E-state index in [1.54, 1.807) is 12.1 Å². The molecule has 1 saturated heterocycles. The van der Waals surface area contributed by atoms with Gasteiger partial charge in [-0.05, 0) is 35.9 Å². The molecule has 0 saturated carbocycles. The van der Waals surface area contributed by atoms with Crippen LogP contribution in [0.25, 0.3) is 11.1 Å². The Kier molecular flexibility index (Phi) is 3.79. The third-order valence-corrected chi connectivity index (χ3v) is 3.68. The van der Waals surface area contributed by atoms with Crippen LogP contribution >= 0.6 is 0 Å². The molecule has 3 rings (SSSR count). The number of ether oxygens (including phenoxy) is 1. The molecule has 6 nitrogen and oxygen atoms in total. The lowest BCUT2D eigenvalue weighted by Gasteiger charge is -2.14. The lowest BCUT2D eigenvalue weighted by atomic mass is 10.0. The standard InChI is InChI=1S/C16H15FN2O4/c17-13-6-10(19-7-11(8-20)23-16(19)22)2-3-12(13)9-1-4-15(21)14(18)5-9/h1-6,11,20-21H,7-8,18H2/t11-/m1/s1. The first-order valence-electron chi connectivity index (χ1n) is 6.97. The van der Waals surface area contributed by atoms with Gasteiger partial charge in [0.25, 0.3) is 0 Å². The van der Waals surface area contributed by atoms with Crippen LogP contribution in [0.3, 0.4) is 0 Å². The molecule has 0 aliphatic carbocycles. The van der Waals surface area contributed by atoms with E-state index in [1.807, 2.05) is 0 Å². The van der Waals surface area contributed by atoms with E-state index in [0.29, 0.717) is 16.8 Å². The Hall–Kier alpha value is -2.80. The normalized spacial score (nSPS) is 17.4. The third kappa shape index (κ3) is 2.78. The number of aliphatic hydroxyl groups excluding tert-OH is 1. The minimum Gasteiger partial charge on any atom is -0.506 e. The summed E-state index contributed by atoms with van der Waals surface area (Å²) >= 11 is 0. The van der Waals surface area contributed by atoms with E-state index in [-0.39, 0.29) is 24.6 Å². The maximum absolute atomic E-state index is 14.4. The van der Waals surface area contributed by atoms with Crippen LogP contribution in [0.2, 0.25) is 0 Å². The second kappa shape index (κ2) is 5.77. The fourth-order valence-corrected chi connectivity index (χ4v) is 2.46. The predicted octanol–water partition coefficient (Wildman–Crippen LogP) is 2.10. The molecule has 0 radical (unpaired) electrons. The van der Waals surface area contributed by atoms with Crippen molar-refractivity contribution in [2.75, 3.05) is 23.8 Å². The van der Waals surface area contributed by atoms with E-state index in [9.17, 15) is 14.3 Å². The summed E-state index contributed by atoms with van der Waals surface area (Å²) in [5, 5.41) is 18.5. The second-order valence-electron chi connectivity index (χ2n) is 5.24. The number of benzene rings is 2. The first kappa shape index (κ1) is 15.1. The Morgan fingerprint density at radius 2 is 2.09 bits per heavy atom. The smallest absolute Gasteiger partial charge is 0.414 e. The number of carbonyl (C=O) groups excluding carboxylic acids is 1. The molecule has 0 spiro atoms. The van der Waals surface area contributed by atoms with Crippen LogP contribution in [0.5, 0.6) is 5.75 Å². The second-order valence-corrected chi connectivity index (χ2v) is 5.24. The predicted molar refractivity (Wildman–Crippen MR) is 82.6 cm³/mol. The number of amides is 1. The third-order valence-electron chi connectivity index (χ3n) is 3.68. The monoisotopic (exact) mass is 318 g/mol. The van der Waals surface area contributed by atoms with Crippen LogP contribution in [0.15, 0.2) is 36.4 Å².